The van der Waals surface area contributed by atoms with Crippen molar-refractivity contribution in [2.24, 2.45) is 0 Å². The smallest absolute Gasteiger partial charge is 0.316 e. The molecule has 17 heteroatoms. The van der Waals surface area contributed by atoms with Gasteiger partial charge in [-0.1, -0.05) is 6.92 Å². The highest BCUT2D eigenvalue weighted by Crippen LogP contribution is 2.54. The molecule has 7 rings (SSSR count). The number of fused-ring (bicyclic) bond motifs is 3. The standard InChI is InChI=1S/C42H53NO16/c1-8-42(52)16-27(31-20(35(42)41(51)53-7)13-21-32(37(31)49)38(50)34-25(46)10-9-24(45)33(34)36(21)48)57-29-14-22(43(5)6)39(18(3)55-29)59-30-15-26(47)40(19(4)56-30)58-28-12-11-23(44)17(2)54-28/h9-10,13,17-19,22,26-30,35,39-40,45-47,49,52H,8,11-12,14-16H2,1-7H3/t17?,18?,19?,22?,26?,27-,28?,29?,30?,35-,39?,40?,42+/m0/s1. The third-order valence-electron chi connectivity index (χ3n) is 12.5. The highest BCUT2D eigenvalue weighted by Gasteiger charge is 2.54. The molecule has 10 unspecified atom stereocenters. The van der Waals surface area contributed by atoms with Crippen molar-refractivity contribution in [1.29, 1.82) is 0 Å². The molecule has 0 radical (unpaired) electrons. The van der Waals surface area contributed by atoms with Gasteiger partial charge in [-0.05, 0) is 65.0 Å². The molecule has 2 aliphatic carbocycles. The van der Waals surface area contributed by atoms with Crippen molar-refractivity contribution in [3.8, 4) is 17.2 Å². The number of phenolic OH excluding ortho intramolecular Hbond substituents is 3. The lowest BCUT2D eigenvalue weighted by Gasteiger charge is -2.48. The summed E-state index contributed by atoms with van der Waals surface area (Å²) in [6.07, 6.45) is -6.99. The fraction of sp³-hybridized carbons (Fsp3) is 0.619. The summed E-state index contributed by atoms with van der Waals surface area (Å²) in [6, 6.07) is 3.01. The van der Waals surface area contributed by atoms with E-state index in [1.807, 2.05) is 19.0 Å². The van der Waals surface area contributed by atoms with Crippen LogP contribution in [0.15, 0.2) is 18.2 Å². The Morgan fingerprint density at radius 2 is 1.47 bits per heavy atom. The van der Waals surface area contributed by atoms with E-state index >= 15 is 0 Å². The molecule has 13 atom stereocenters. The zero-order valence-electron chi connectivity index (χ0n) is 34.1. The molecule has 322 valence electrons. The molecule has 0 bridgehead atoms. The molecular formula is C42H53NO16. The van der Waals surface area contributed by atoms with E-state index in [0.29, 0.717) is 12.8 Å². The van der Waals surface area contributed by atoms with Gasteiger partial charge in [-0.3, -0.25) is 19.2 Å². The molecule has 3 heterocycles. The summed E-state index contributed by atoms with van der Waals surface area (Å²) < 4.78 is 42.6. The summed E-state index contributed by atoms with van der Waals surface area (Å²) in [4.78, 5) is 55.1. The van der Waals surface area contributed by atoms with Gasteiger partial charge in [0.25, 0.3) is 0 Å². The first-order valence-corrected chi connectivity index (χ1v) is 20.0. The van der Waals surface area contributed by atoms with Crippen LogP contribution in [0.2, 0.25) is 0 Å². The Balaban J connectivity index is 1.14. The molecule has 59 heavy (non-hydrogen) atoms. The van der Waals surface area contributed by atoms with Crippen molar-refractivity contribution in [3.05, 3.63) is 51.6 Å². The number of Topliss-reactive ketones (excluding diaryl/α,β-unsaturated/α-hetero) is 1. The number of ketones is 3. The summed E-state index contributed by atoms with van der Waals surface area (Å²) in [5.74, 6) is -5.90. The van der Waals surface area contributed by atoms with E-state index in [4.69, 9.17) is 33.2 Å². The SMILES string of the molecule is CC[C@@]1(O)C[C@H](OC2CC(N(C)C)C(OC3CC(O)C(OC4CCC(=O)C(C)O4)C(C)O3)C(C)O2)c2c(cc3c(c2O)C(=O)c2c(O)ccc(O)c2C3=O)[C@H]1C(=O)OC. The molecular weight excluding hydrogens is 774 g/mol. The number of hydrogen-bond donors (Lipinski definition) is 5. The van der Waals surface area contributed by atoms with Crippen molar-refractivity contribution >= 4 is 23.3 Å². The lowest BCUT2D eigenvalue weighted by Crippen LogP contribution is -2.58. The molecule has 3 aliphatic heterocycles. The van der Waals surface area contributed by atoms with Gasteiger partial charge in [0.2, 0.25) is 5.78 Å². The predicted molar refractivity (Wildman–Crippen MR) is 203 cm³/mol. The van der Waals surface area contributed by atoms with Crippen molar-refractivity contribution in [1.82, 2.24) is 4.90 Å². The van der Waals surface area contributed by atoms with Crippen LogP contribution in [-0.2, 0) is 42.7 Å². The average molecular weight is 828 g/mol. The van der Waals surface area contributed by atoms with E-state index in [9.17, 15) is 44.7 Å². The van der Waals surface area contributed by atoms with Crippen molar-refractivity contribution in [2.75, 3.05) is 21.2 Å². The third-order valence-corrected chi connectivity index (χ3v) is 12.5. The van der Waals surface area contributed by atoms with Gasteiger partial charge in [0, 0.05) is 49.3 Å². The Kier molecular flexibility index (Phi) is 12.0. The third kappa shape index (κ3) is 7.65. The number of phenols is 3. The highest BCUT2D eigenvalue weighted by atomic mass is 16.7. The van der Waals surface area contributed by atoms with Gasteiger partial charge < -0.3 is 63.6 Å². The fourth-order valence-corrected chi connectivity index (χ4v) is 9.33. The monoisotopic (exact) mass is 827 g/mol. The quantitative estimate of drug-likeness (QED) is 0.154. The van der Waals surface area contributed by atoms with Gasteiger partial charge in [0.05, 0.1) is 53.8 Å². The van der Waals surface area contributed by atoms with Gasteiger partial charge in [-0.15, -0.1) is 0 Å². The number of aliphatic hydroxyl groups is 2. The average Bonchev–Trinajstić information content (AvgIpc) is 3.17. The van der Waals surface area contributed by atoms with Crippen molar-refractivity contribution in [3.63, 3.8) is 0 Å². The van der Waals surface area contributed by atoms with Gasteiger partial charge >= 0.3 is 5.97 Å². The van der Waals surface area contributed by atoms with Crippen LogP contribution in [-0.4, -0.2) is 142 Å². The molecule has 2 aromatic rings. The van der Waals surface area contributed by atoms with Crippen LogP contribution in [0, 0.1) is 0 Å². The number of nitrogens with zero attached hydrogens (tertiary/aromatic N) is 1. The number of methoxy groups -OCH3 is 1. The lowest BCUT2D eigenvalue weighted by molar-refractivity contribution is -0.324. The van der Waals surface area contributed by atoms with E-state index in [-0.39, 0.29) is 54.2 Å². The number of benzene rings is 2. The number of carbonyl (C=O) groups excluding carboxylic acids is 4. The Morgan fingerprint density at radius 1 is 0.864 bits per heavy atom. The van der Waals surface area contributed by atoms with Gasteiger partial charge in [-0.25, -0.2) is 0 Å². The maximum absolute atomic E-state index is 14.0. The van der Waals surface area contributed by atoms with Gasteiger partial charge in [0.15, 0.2) is 30.4 Å². The van der Waals surface area contributed by atoms with E-state index < -0.39 is 125 Å². The van der Waals surface area contributed by atoms with E-state index in [1.54, 1.807) is 27.7 Å². The summed E-state index contributed by atoms with van der Waals surface area (Å²) in [7, 11) is 4.85. The first kappa shape index (κ1) is 43.1. The molecule has 0 saturated carbocycles. The normalized spacial score (nSPS) is 35.9. The Bertz CT molecular complexity index is 1990. The van der Waals surface area contributed by atoms with E-state index in [2.05, 4.69) is 0 Å². The number of ether oxygens (including phenoxy) is 7. The first-order valence-electron chi connectivity index (χ1n) is 20.0. The summed E-state index contributed by atoms with van der Waals surface area (Å²) in [6.45, 7) is 6.89. The van der Waals surface area contributed by atoms with Crippen molar-refractivity contribution in [2.45, 2.75) is 145 Å². The summed E-state index contributed by atoms with van der Waals surface area (Å²) >= 11 is 0. The Labute approximate surface area is 341 Å². The predicted octanol–water partition coefficient (Wildman–Crippen LogP) is 2.86. The number of likely N-dealkylation sites (N-methyl/N-ethyl adjacent to an activating group) is 1. The maximum atomic E-state index is 14.0. The first-order chi connectivity index (χ1) is 27.9. The second-order valence-corrected chi connectivity index (χ2v) is 16.4. The fourth-order valence-electron chi connectivity index (χ4n) is 9.33. The molecule has 0 aromatic heterocycles. The molecule has 2 aromatic carbocycles. The largest absolute Gasteiger partial charge is 0.507 e. The number of hydrogen-bond acceptors (Lipinski definition) is 17. The zero-order chi connectivity index (χ0) is 42.8. The Hall–Kier alpha value is -4.04. The number of carbonyl (C=O) groups is 4. The molecule has 5 N–H and O–H groups in total. The highest BCUT2D eigenvalue weighted by molar-refractivity contribution is 6.31. The minimum absolute atomic E-state index is 0.00116. The minimum Gasteiger partial charge on any atom is -0.507 e. The van der Waals surface area contributed by atoms with Crippen LogP contribution in [0.5, 0.6) is 17.2 Å². The van der Waals surface area contributed by atoms with Gasteiger partial charge in [0.1, 0.15) is 41.5 Å². The van der Waals surface area contributed by atoms with Crippen LogP contribution in [0.1, 0.15) is 121 Å². The molecule has 0 amide bonds. The van der Waals surface area contributed by atoms with Crippen LogP contribution in [0.4, 0.5) is 0 Å². The van der Waals surface area contributed by atoms with E-state index in [0.717, 1.165) is 19.2 Å². The number of esters is 1. The number of rotatable bonds is 9. The molecule has 5 aliphatic rings. The van der Waals surface area contributed by atoms with Crippen LogP contribution < -0.4 is 0 Å². The van der Waals surface area contributed by atoms with E-state index in [1.165, 1.54) is 6.07 Å². The topological polar surface area (TPSA) is 237 Å². The Morgan fingerprint density at radius 3 is 2.07 bits per heavy atom. The second kappa shape index (κ2) is 16.4. The molecule has 0 spiro atoms. The van der Waals surface area contributed by atoms with Crippen LogP contribution in [0.3, 0.4) is 0 Å². The van der Waals surface area contributed by atoms with Crippen LogP contribution >= 0.6 is 0 Å². The molecule has 3 fully saturated rings. The molecule has 17 nitrogen and oxygen atoms in total. The summed E-state index contributed by atoms with van der Waals surface area (Å²) in [5.41, 5.74) is -3.58. The van der Waals surface area contributed by atoms with Crippen molar-refractivity contribution < 1.29 is 77.9 Å². The molecule has 3 saturated heterocycles. The summed E-state index contributed by atoms with van der Waals surface area (Å²) in [5, 5.41) is 56.5. The zero-order valence-corrected chi connectivity index (χ0v) is 34.1. The lowest BCUT2D eigenvalue weighted by atomic mass is 9.67. The number of aliphatic hydroxyl groups excluding tert-OH is 1. The second-order valence-electron chi connectivity index (χ2n) is 16.4. The maximum Gasteiger partial charge on any atom is 0.316 e. The minimum atomic E-state index is -1.81. The van der Waals surface area contributed by atoms with Crippen LogP contribution in [0.25, 0.3) is 0 Å². The number of aromatic hydroxyl groups is 3. The van der Waals surface area contributed by atoms with Gasteiger partial charge in [-0.2, -0.15) is 0 Å².